The molecule has 0 radical (unpaired) electrons. The normalized spacial score (nSPS) is 14.1. The van der Waals surface area contributed by atoms with Gasteiger partial charge in [-0.1, -0.05) is 86.9 Å². The molecule has 0 bridgehead atoms. The molecule has 2 rings (SSSR count). The van der Waals surface area contributed by atoms with Crippen LogP contribution in [-0.2, 0) is 34.0 Å². The van der Waals surface area contributed by atoms with E-state index in [1.165, 1.54) is 29.0 Å². The molecular formula is C46H70N6O9S2. The van der Waals surface area contributed by atoms with Crippen molar-refractivity contribution in [1.82, 2.24) is 26.0 Å². The summed E-state index contributed by atoms with van der Waals surface area (Å²) >= 11 is 1.38. The molecule has 0 aliphatic rings. The first-order valence-corrected chi connectivity index (χ1v) is 24.0. The van der Waals surface area contributed by atoms with Gasteiger partial charge in [-0.25, -0.2) is 17.9 Å². The molecule has 0 heterocycles. The molecule has 2 aromatic rings. The molecule has 7 N–H and O–H groups in total. The number of rotatable bonds is 27. The first-order valence-electron chi connectivity index (χ1n) is 21.3. The fraction of sp³-hybridized carbons (Fsp3) is 0.543. The average molecular weight is 915 g/mol. The van der Waals surface area contributed by atoms with Crippen molar-refractivity contribution >= 4 is 67.8 Å². The Labute approximate surface area is 378 Å². The van der Waals surface area contributed by atoms with E-state index >= 15 is 0 Å². The Hall–Kier alpha value is -4.71. The summed E-state index contributed by atoms with van der Waals surface area (Å²) in [5.41, 5.74) is 4.61. The van der Waals surface area contributed by atoms with Gasteiger partial charge in [0.05, 0.1) is 18.0 Å². The predicted molar refractivity (Wildman–Crippen MR) is 253 cm³/mol. The second kappa shape index (κ2) is 26.8. The number of fused-ring (bicyclic) bond motifs is 1. The van der Waals surface area contributed by atoms with E-state index in [0.717, 1.165) is 36.9 Å². The molecule has 0 fully saturated rings. The number of carboxylic acid groups (broad SMARTS) is 1. The van der Waals surface area contributed by atoms with Crippen LogP contribution in [0, 0.1) is 11.8 Å². The van der Waals surface area contributed by atoms with E-state index < -0.39 is 82.9 Å². The van der Waals surface area contributed by atoms with Crippen molar-refractivity contribution < 1.29 is 42.6 Å². The number of thioether (sulfide) groups is 1. The van der Waals surface area contributed by atoms with E-state index in [9.17, 15) is 42.6 Å². The van der Waals surface area contributed by atoms with E-state index in [1.807, 2.05) is 51.9 Å². The molecule has 350 valence electrons. The molecule has 0 unspecified atom stereocenters. The highest BCUT2D eigenvalue weighted by Crippen LogP contribution is 2.30. The summed E-state index contributed by atoms with van der Waals surface area (Å²) in [5, 5.41) is 30.2. The number of aliphatic hydroxyl groups is 1. The van der Waals surface area contributed by atoms with Crippen LogP contribution in [0.25, 0.3) is 10.8 Å². The monoisotopic (exact) mass is 914 g/mol. The Balaban J connectivity index is 2.29. The summed E-state index contributed by atoms with van der Waals surface area (Å²) in [6, 6.07) is 5.07. The Morgan fingerprint density at radius 2 is 1.33 bits per heavy atom. The molecule has 0 aromatic heterocycles. The maximum Gasteiger partial charge on any atom is 0.328 e. The number of aliphatic hydroxyl groups excluding tert-OH is 1. The second-order valence-electron chi connectivity index (χ2n) is 17.0. The van der Waals surface area contributed by atoms with Crippen molar-refractivity contribution in [3.8, 4) is 0 Å². The lowest BCUT2D eigenvalue weighted by Crippen LogP contribution is -2.60. The fourth-order valence-corrected chi connectivity index (χ4v) is 8.70. The quantitative estimate of drug-likeness (QED) is 0.0464. The number of nitrogens with one attached hydrogen (secondary N) is 5. The van der Waals surface area contributed by atoms with Crippen molar-refractivity contribution in [3.05, 3.63) is 71.3 Å². The summed E-state index contributed by atoms with van der Waals surface area (Å²) < 4.78 is 29.6. The lowest BCUT2D eigenvalue weighted by atomic mass is 9.99. The first-order chi connectivity index (χ1) is 29.6. The number of nitrogens with zero attached hydrogens (tertiary/aromatic N) is 1. The summed E-state index contributed by atoms with van der Waals surface area (Å²) in [6.45, 7) is 13.8. The Kier molecular flexibility index (Phi) is 23.2. The number of carboxylic acids is 1. The molecule has 2 aromatic carbocycles. The molecule has 4 amide bonds. The maximum atomic E-state index is 14.0. The predicted octanol–water partition coefficient (Wildman–Crippen LogP) is 5.05. The largest absolute Gasteiger partial charge is 0.480 e. The van der Waals surface area contributed by atoms with Crippen molar-refractivity contribution in [2.75, 3.05) is 43.7 Å². The molecule has 63 heavy (non-hydrogen) atoms. The van der Waals surface area contributed by atoms with Crippen molar-refractivity contribution in [3.63, 3.8) is 0 Å². The Bertz CT molecular complexity index is 2080. The maximum absolute atomic E-state index is 14.0. The number of anilines is 1. The van der Waals surface area contributed by atoms with Gasteiger partial charge in [-0.3, -0.25) is 19.2 Å². The zero-order valence-electron chi connectivity index (χ0n) is 38.5. The van der Waals surface area contributed by atoms with Gasteiger partial charge in [-0.15, -0.1) is 0 Å². The number of allylic oxidation sites excluding steroid dienone is 5. The average Bonchev–Trinajstić information content (AvgIpc) is 3.20. The second-order valence-corrected chi connectivity index (χ2v) is 19.8. The molecule has 15 nitrogen and oxygen atoms in total. The van der Waals surface area contributed by atoms with Gasteiger partial charge in [-0.2, -0.15) is 11.8 Å². The highest BCUT2D eigenvalue weighted by atomic mass is 32.2. The van der Waals surface area contributed by atoms with Crippen molar-refractivity contribution in [2.24, 2.45) is 11.8 Å². The zero-order chi connectivity index (χ0) is 47.4. The van der Waals surface area contributed by atoms with Crippen molar-refractivity contribution in [2.45, 2.75) is 117 Å². The van der Waals surface area contributed by atoms with Crippen LogP contribution in [-0.4, -0.2) is 111 Å². The molecule has 0 saturated carbocycles. The van der Waals surface area contributed by atoms with Gasteiger partial charge < -0.3 is 36.4 Å². The molecule has 17 heteroatoms. The standard InChI is InChI=1S/C46H70N6O9S2/c1-29(2)15-11-16-32(7)17-12-18-33(8)23-24-62-28-38(48-41(54)26-47-63(60,61)40-22-14-19-34-35(40)20-13-21-39(34)52(9)10)44(56)51-42(31(5)6)45(57)49-36(25-30(3)4)43(55)50-37(27-53)46(58)59/h13-15,17,19-23,30-31,36-38,42,47,53H,11-12,16,18,24-28H2,1-10H3,(H,48,54)(H,49,57)(H,50,55)(H,51,56)(H,58,59)/t36-,37-,38-,42-/m0/s1. The van der Waals surface area contributed by atoms with Crippen LogP contribution >= 0.6 is 11.8 Å². The van der Waals surface area contributed by atoms with Crippen molar-refractivity contribution in [1.29, 1.82) is 0 Å². The highest BCUT2D eigenvalue weighted by molar-refractivity contribution is 7.99. The van der Waals surface area contributed by atoms with E-state index in [0.29, 0.717) is 16.5 Å². The lowest BCUT2D eigenvalue weighted by molar-refractivity contribution is -0.143. The minimum atomic E-state index is -4.20. The first kappa shape index (κ1) is 54.4. The Morgan fingerprint density at radius 3 is 1.92 bits per heavy atom. The fourth-order valence-electron chi connectivity index (χ4n) is 6.49. The highest BCUT2D eigenvalue weighted by Gasteiger charge is 2.33. The number of aliphatic carboxylic acids is 1. The van der Waals surface area contributed by atoms with E-state index in [-0.39, 0.29) is 23.0 Å². The van der Waals surface area contributed by atoms with Crippen LogP contribution in [0.4, 0.5) is 5.69 Å². The molecule has 0 saturated heterocycles. The van der Waals surface area contributed by atoms with Gasteiger partial charge in [-0.05, 0) is 83.8 Å². The van der Waals surface area contributed by atoms with Crippen LogP contribution in [0.1, 0.15) is 87.5 Å². The van der Waals surface area contributed by atoms with Crippen LogP contribution in [0.5, 0.6) is 0 Å². The number of hydrogen-bond acceptors (Lipinski definition) is 10. The molecule has 0 aliphatic heterocycles. The van der Waals surface area contributed by atoms with E-state index in [2.05, 4.69) is 65.0 Å². The number of hydrogen-bond donors (Lipinski definition) is 7. The van der Waals surface area contributed by atoms with Crippen LogP contribution in [0.15, 0.2) is 76.2 Å². The molecule has 0 spiro atoms. The number of benzene rings is 2. The number of amides is 4. The van der Waals surface area contributed by atoms with E-state index in [4.69, 9.17) is 0 Å². The lowest BCUT2D eigenvalue weighted by Gasteiger charge is -2.28. The summed E-state index contributed by atoms with van der Waals surface area (Å²) in [4.78, 5) is 67.6. The van der Waals surface area contributed by atoms with Gasteiger partial charge in [0, 0.05) is 42.1 Å². The van der Waals surface area contributed by atoms with Gasteiger partial charge in [0.2, 0.25) is 33.7 Å². The number of carbonyl (C=O) groups excluding carboxylic acids is 4. The minimum Gasteiger partial charge on any atom is -0.480 e. The third-order valence-corrected chi connectivity index (χ3v) is 12.5. The number of carbonyl (C=O) groups is 5. The third-order valence-electron chi connectivity index (χ3n) is 10.0. The SMILES string of the molecule is CC(C)=CCCC(C)=CCCC(C)=CCSC[C@H](NC(=O)CNS(=O)(=O)c1cccc2c(N(C)C)cccc12)C(=O)N[C@H](C(=O)N[C@@H](CC(C)C)C(=O)N[C@@H](CO)C(=O)O)C(C)C. The third kappa shape index (κ3) is 18.9. The number of sulfonamides is 1. The topological polar surface area (TPSA) is 223 Å². The van der Waals surface area contributed by atoms with Gasteiger partial charge in [0.1, 0.15) is 24.2 Å². The minimum absolute atomic E-state index is 0.0111. The summed E-state index contributed by atoms with van der Waals surface area (Å²) in [7, 11) is -0.491. The smallest absolute Gasteiger partial charge is 0.328 e. The molecular weight excluding hydrogens is 845 g/mol. The molecule has 0 aliphatic carbocycles. The summed E-state index contributed by atoms with van der Waals surface area (Å²) in [5.74, 6) is -4.46. The summed E-state index contributed by atoms with van der Waals surface area (Å²) in [6.07, 6.45) is 10.4. The van der Waals surface area contributed by atoms with Gasteiger partial charge in [0.25, 0.3) is 0 Å². The van der Waals surface area contributed by atoms with Crippen LogP contribution in [0.2, 0.25) is 0 Å². The van der Waals surface area contributed by atoms with Gasteiger partial charge in [0.15, 0.2) is 0 Å². The van der Waals surface area contributed by atoms with E-state index in [1.54, 1.807) is 32.0 Å². The van der Waals surface area contributed by atoms with Gasteiger partial charge >= 0.3 is 5.97 Å². The van der Waals surface area contributed by atoms with Crippen LogP contribution in [0.3, 0.4) is 0 Å². The Morgan fingerprint density at radius 1 is 0.746 bits per heavy atom. The zero-order valence-corrected chi connectivity index (χ0v) is 40.2. The molecule has 4 atom stereocenters. The van der Waals surface area contributed by atoms with Crippen LogP contribution < -0.4 is 30.9 Å².